The van der Waals surface area contributed by atoms with Crippen molar-refractivity contribution in [1.29, 1.82) is 0 Å². The van der Waals surface area contributed by atoms with Gasteiger partial charge in [0.15, 0.2) is 0 Å². The molecule has 20 heavy (non-hydrogen) atoms. The van der Waals surface area contributed by atoms with Gasteiger partial charge in [0.1, 0.15) is 21.9 Å². The monoisotopic (exact) mass is 291 g/mol. The average Bonchev–Trinajstić information content (AvgIpc) is 2.90. The minimum atomic E-state index is -0.891. The molecule has 1 aliphatic rings. The van der Waals surface area contributed by atoms with Crippen LogP contribution in [0.25, 0.3) is 10.2 Å². The van der Waals surface area contributed by atoms with Crippen LogP contribution >= 0.6 is 11.3 Å². The Morgan fingerprint density at radius 2 is 2.20 bits per heavy atom. The fourth-order valence-corrected chi connectivity index (χ4v) is 3.77. The highest BCUT2D eigenvalue weighted by Gasteiger charge is 2.32. The summed E-state index contributed by atoms with van der Waals surface area (Å²) in [7, 11) is 0. The Labute approximate surface area is 121 Å². The summed E-state index contributed by atoms with van der Waals surface area (Å²) < 4.78 is 0. The maximum absolute atomic E-state index is 11.3. The molecule has 0 amide bonds. The first-order valence-corrected chi connectivity index (χ1v) is 7.43. The number of hydrogen-bond acceptors (Lipinski definition) is 5. The molecule has 106 valence electrons. The van der Waals surface area contributed by atoms with E-state index in [1.165, 1.54) is 17.7 Å². The van der Waals surface area contributed by atoms with Crippen LogP contribution in [-0.4, -0.2) is 34.1 Å². The molecule has 6 heteroatoms. The zero-order valence-corrected chi connectivity index (χ0v) is 12.6. The van der Waals surface area contributed by atoms with Crippen molar-refractivity contribution in [2.75, 3.05) is 18.0 Å². The van der Waals surface area contributed by atoms with Crippen molar-refractivity contribution < 1.29 is 9.90 Å². The summed E-state index contributed by atoms with van der Waals surface area (Å²) >= 11 is 1.23. The number of aryl methyl sites for hydroxylation is 1. The molecule has 2 aromatic rings. The van der Waals surface area contributed by atoms with Crippen molar-refractivity contribution in [1.82, 2.24) is 9.97 Å². The predicted octanol–water partition coefficient (Wildman–Crippen LogP) is 2.93. The molecular weight excluding hydrogens is 274 g/mol. The van der Waals surface area contributed by atoms with E-state index in [2.05, 4.69) is 28.7 Å². The number of thiophene rings is 1. The van der Waals surface area contributed by atoms with E-state index in [1.54, 1.807) is 0 Å². The van der Waals surface area contributed by atoms with Crippen LogP contribution in [-0.2, 0) is 0 Å². The summed E-state index contributed by atoms with van der Waals surface area (Å²) in [4.78, 5) is 23.3. The number of rotatable bonds is 2. The molecule has 3 rings (SSSR count). The molecule has 2 aromatic heterocycles. The normalized spacial score (nSPS) is 17.9. The number of fused-ring (bicyclic) bond motifs is 1. The zero-order valence-electron chi connectivity index (χ0n) is 11.8. The van der Waals surface area contributed by atoms with Crippen LogP contribution in [0.5, 0.6) is 0 Å². The average molecular weight is 291 g/mol. The molecule has 0 aromatic carbocycles. The van der Waals surface area contributed by atoms with Gasteiger partial charge in [-0.2, -0.15) is 0 Å². The van der Waals surface area contributed by atoms with Crippen LogP contribution < -0.4 is 4.90 Å². The Hall–Kier alpha value is -1.69. The van der Waals surface area contributed by atoms with Crippen LogP contribution in [0.4, 0.5) is 5.82 Å². The quantitative estimate of drug-likeness (QED) is 0.921. The highest BCUT2D eigenvalue weighted by atomic mass is 32.1. The van der Waals surface area contributed by atoms with Crippen molar-refractivity contribution in [2.24, 2.45) is 5.41 Å². The summed E-state index contributed by atoms with van der Waals surface area (Å²) in [6.07, 6.45) is 2.65. The lowest BCUT2D eigenvalue weighted by atomic mass is 9.93. The molecule has 1 N–H and O–H groups in total. The third kappa shape index (κ3) is 2.04. The van der Waals surface area contributed by atoms with Crippen LogP contribution in [0.2, 0.25) is 0 Å². The topological polar surface area (TPSA) is 66.3 Å². The molecule has 0 saturated carbocycles. The standard InChI is InChI=1S/C14H17N3O2S/c1-8-9-11(17-5-4-14(2,3)6-17)15-7-16-12(9)20-10(8)13(18)19/h7H,4-6H2,1-3H3,(H,18,19). The Kier molecular flexibility index (Phi) is 2.93. The lowest BCUT2D eigenvalue weighted by Crippen LogP contribution is -2.23. The number of aromatic nitrogens is 2. The van der Waals surface area contributed by atoms with Gasteiger partial charge < -0.3 is 10.0 Å². The van der Waals surface area contributed by atoms with Crippen LogP contribution in [0.1, 0.15) is 35.5 Å². The van der Waals surface area contributed by atoms with Crippen LogP contribution in [0, 0.1) is 12.3 Å². The summed E-state index contributed by atoms with van der Waals surface area (Å²) in [5, 5.41) is 10.2. The molecule has 0 aliphatic carbocycles. The van der Waals surface area contributed by atoms with Gasteiger partial charge in [0, 0.05) is 13.1 Å². The van der Waals surface area contributed by atoms with Crippen molar-refractivity contribution in [3.63, 3.8) is 0 Å². The highest BCUT2D eigenvalue weighted by Crippen LogP contribution is 2.38. The molecule has 0 spiro atoms. The number of carboxylic acids is 1. The van der Waals surface area contributed by atoms with Gasteiger partial charge in [-0.05, 0) is 24.3 Å². The van der Waals surface area contributed by atoms with Crippen molar-refractivity contribution in [3.8, 4) is 0 Å². The second-order valence-corrected chi connectivity index (χ2v) is 7.07. The van der Waals surface area contributed by atoms with Crippen molar-refractivity contribution in [2.45, 2.75) is 27.2 Å². The SMILES string of the molecule is Cc1c(C(=O)O)sc2ncnc(N3CCC(C)(C)C3)c12. The minimum absolute atomic E-state index is 0.275. The molecule has 1 saturated heterocycles. The van der Waals surface area contributed by atoms with Gasteiger partial charge in [-0.1, -0.05) is 13.8 Å². The smallest absolute Gasteiger partial charge is 0.346 e. The number of carbonyl (C=O) groups is 1. The van der Waals surface area contributed by atoms with Gasteiger partial charge in [0.05, 0.1) is 5.39 Å². The molecule has 0 unspecified atom stereocenters. The number of carboxylic acid groups (broad SMARTS) is 1. The van der Waals surface area contributed by atoms with Gasteiger partial charge in [-0.3, -0.25) is 0 Å². The first-order chi connectivity index (χ1) is 9.39. The fraction of sp³-hybridized carbons (Fsp3) is 0.500. The van der Waals surface area contributed by atoms with E-state index in [4.69, 9.17) is 0 Å². The molecule has 0 bridgehead atoms. The minimum Gasteiger partial charge on any atom is -0.477 e. The maximum Gasteiger partial charge on any atom is 0.346 e. The van der Waals surface area contributed by atoms with Gasteiger partial charge in [-0.25, -0.2) is 14.8 Å². The van der Waals surface area contributed by atoms with Crippen LogP contribution in [0.15, 0.2) is 6.33 Å². The van der Waals surface area contributed by atoms with E-state index in [-0.39, 0.29) is 5.41 Å². The Morgan fingerprint density at radius 3 is 2.80 bits per heavy atom. The number of aromatic carboxylic acids is 1. The van der Waals surface area contributed by atoms with E-state index in [9.17, 15) is 9.90 Å². The fourth-order valence-electron chi connectivity index (χ4n) is 2.79. The van der Waals surface area contributed by atoms with Gasteiger partial charge >= 0.3 is 5.97 Å². The molecule has 1 fully saturated rings. The Balaban J connectivity index is 2.15. The summed E-state index contributed by atoms with van der Waals surface area (Å²) in [6, 6.07) is 0. The van der Waals surface area contributed by atoms with E-state index < -0.39 is 5.97 Å². The predicted molar refractivity (Wildman–Crippen MR) is 79.7 cm³/mol. The van der Waals surface area contributed by atoms with E-state index in [1.807, 2.05) is 6.92 Å². The van der Waals surface area contributed by atoms with E-state index >= 15 is 0 Å². The first-order valence-electron chi connectivity index (χ1n) is 6.61. The molecule has 3 heterocycles. The van der Waals surface area contributed by atoms with Crippen LogP contribution in [0.3, 0.4) is 0 Å². The second-order valence-electron chi connectivity index (χ2n) is 6.07. The third-order valence-electron chi connectivity index (χ3n) is 3.88. The maximum atomic E-state index is 11.3. The van der Waals surface area contributed by atoms with Crippen molar-refractivity contribution in [3.05, 3.63) is 16.8 Å². The Bertz CT molecular complexity index is 693. The number of anilines is 1. The Morgan fingerprint density at radius 1 is 1.45 bits per heavy atom. The van der Waals surface area contributed by atoms with E-state index in [0.717, 1.165) is 41.1 Å². The second kappa shape index (κ2) is 4.41. The highest BCUT2D eigenvalue weighted by molar-refractivity contribution is 7.20. The van der Waals surface area contributed by atoms with Gasteiger partial charge in [0.2, 0.25) is 0 Å². The zero-order chi connectivity index (χ0) is 14.5. The molecule has 1 aliphatic heterocycles. The molecular formula is C14H17N3O2S. The summed E-state index contributed by atoms with van der Waals surface area (Å²) in [6.45, 7) is 8.23. The number of hydrogen-bond donors (Lipinski definition) is 1. The molecule has 0 radical (unpaired) electrons. The summed E-state index contributed by atoms with van der Waals surface area (Å²) in [5.41, 5.74) is 1.05. The molecule has 5 nitrogen and oxygen atoms in total. The lowest BCUT2D eigenvalue weighted by Gasteiger charge is -2.21. The largest absolute Gasteiger partial charge is 0.477 e. The number of nitrogens with zero attached hydrogens (tertiary/aromatic N) is 3. The first kappa shape index (κ1) is 13.3. The van der Waals surface area contributed by atoms with Gasteiger partial charge in [0.25, 0.3) is 0 Å². The van der Waals surface area contributed by atoms with Gasteiger partial charge in [-0.15, -0.1) is 11.3 Å². The lowest BCUT2D eigenvalue weighted by molar-refractivity contribution is 0.0701. The molecule has 0 atom stereocenters. The van der Waals surface area contributed by atoms with Crippen molar-refractivity contribution >= 4 is 33.3 Å². The summed E-state index contributed by atoms with van der Waals surface area (Å²) in [5.74, 6) is -0.0139. The van der Waals surface area contributed by atoms with E-state index in [0.29, 0.717) is 4.88 Å². The third-order valence-corrected chi connectivity index (χ3v) is 5.07.